The predicted molar refractivity (Wildman–Crippen MR) is 111 cm³/mol. The second-order valence-electron chi connectivity index (χ2n) is 7.30. The monoisotopic (exact) mass is 376 g/mol. The SMILES string of the molecule is CC#CC(CC(=O)OC)c1ccc(OC2CCC(c3ccccc3)CC2)cc1. The van der Waals surface area contributed by atoms with Crippen LogP contribution in [0.3, 0.4) is 0 Å². The molecule has 2 aromatic rings. The maximum atomic E-state index is 11.6. The molecule has 3 nitrogen and oxygen atoms in total. The molecule has 1 saturated carbocycles. The van der Waals surface area contributed by atoms with Crippen LogP contribution in [0.25, 0.3) is 0 Å². The molecular formula is C25H28O3. The molecule has 3 heteroatoms. The van der Waals surface area contributed by atoms with Gasteiger partial charge in [0.1, 0.15) is 5.75 Å². The molecule has 0 spiro atoms. The number of esters is 1. The van der Waals surface area contributed by atoms with Crippen LogP contribution in [0.5, 0.6) is 5.75 Å². The van der Waals surface area contributed by atoms with Crippen molar-refractivity contribution in [3.63, 3.8) is 0 Å². The van der Waals surface area contributed by atoms with Crippen LogP contribution in [0.4, 0.5) is 0 Å². The van der Waals surface area contributed by atoms with Gasteiger partial charge in [0.2, 0.25) is 0 Å². The Morgan fingerprint density at radius 2 is 1.71 bits per heavy atom. The first-order chi connectivity index (χ1) is 13.7. The third-order valence-corrected chi connectivity index (χ3v) is 5.45. The summed E-state index contributed by atoms with van der Waals surface area (Å²) in [5.41, 5.74) is 2.46. The number of hydrogen-bond acceptors (Lipinski definition) is 3. The first-order valence-electron chi connectivity index (χ1n) is 10.00. The summed E-state index contributed by atoms with van der Waals surface area (Å²) >= 11 is 0. The molecule has 0 aromatic heterocycles. The summed E-state index contributed by atoms with van der Waals surface area (Å²) in [5, 5.41) is 0. The molecule has 0 N–H and O–H groups in total. The van der Waals surface area contributed by atoms with Gasteiger partial charge >= 0.3 is 5.97 Å². The van der Waals surface area contributed by atoms with Crippen LogP contribution in [0, 0.1) is 11.8 Å². The lowest BCUT2D eigenvalue weighted by Gasteiger charge is -2.29. The third-order valence-electron chi connectivity index (χ3n) is 5.45. The first-order valence-corrected chi connectivity index (χ1v) is 10.00. The molecule has 1 aliphatic rings. The van der Waals surface area contributed by atoms with E-state index < -0.39 is 0 Å². The summed E-state index contributed by atoms with van der Waals surface area (Å²) in [6.07, 6.45) is 5.02. The van der Waals surface area contributed by atoms with Crippen molar-refractivity contribution in [2.45, 2.75) is 57.0 Å². The topological polar surface area (TPSA) is 35.5 Å². The zero-order valence-corrected chi connectivity index (χ0v) is 16.7. The maximum absolute atomic E-state index is 11.6. The summed E-state index contributed by atoms with van der Waals surface area (Å²) in [4.78, 5) is 11.6. The second-order valence-corrected chi connectivity index (χ2v) is 7.30. The molecule has 146 valence electrons. The van der Waals surface area contributed by atoms with Crippen molar-refractivity contribution >= 4 is 5.97 Å². The molecule has 0 bridgehead atoms. The number of hydrogen-bond donors (Lipinski definition) is 0. The summed E-state index contributed by atoms with van der Waals surface area (Å²) in [7, 11) is 1.40. The van der Waals surface area contributed by atoms with Gasteiger partial charge in [-0.15, -0.1) is 5.92 Å². The molecule has 0 saturated heterocycles. The summed E-state index contributed by atoms with van der Waals surface area (Å²) in [5.74, 6) is 7.14. The van der Waals surface area contributed by atoms with E-state index in [4.69, 9.17) is 9.47 Å². The van der Waals surface area contributed by atoms with Crippen molar-refractivity contribution in [1.29, 1.82) is 0 Å². The molecule has 0 heterocycles. The number of ether oxygens (including phenoxy) is 2. The molecule has 1 atom stereocenters. The van der Waals surface area contributed by atoms with Gasteiger partial charge in [-0.1, -0.05) is 48.4 Å². The van der Waals surface area contributed by atoms with Gasteiger partial charge in [0.25, 0.3) is 0 Å². The van der Waals surface area contributed by atoms with E-state index in [1.165, 1.54) is 25.5 Å². The molecule has 1 unspecified atom stereocenters. The highest BCUT2D eigenvalue weighted by Crippen LogP contribution is 2.34. The van der Waals surface area contributed by atoms with Gasteiger partial charge in [-0.2, -0.15) is 0 Å². The molecule has 0 aliphatic heterocycles. The number of rotatable bonds is 6. The van der Waals surface area contributed by atoms with Crippen molar-refractivity contribution in [3.05, 3.63) is 65.7 Å². The van der Waals surface area contributed by atoms with Crippen LogP contribution in [0.2, 0.25) is 0 Å². The van der Waals surface area contributed by atoms with Crippen LogP contribution in [-0.2, 0) is 9.53 Å². The van der Waals surface area contributed by atoms with Gasteiger partial charge < -0.3 is 9.47 Å². The second kappa shape index (κ2) is 9.99. The average molecular weight is 376 g/mol. The highest BCUT2D eigenvalue weighted by atomic mass is 16.5. The lowest BCUT2D eigenvalue weighted by Crippen LogP contribution is -2.23. The van der Waals surface area contributed by atoms with E-state index in [0.717, 1.165) is 24.2 Å². The number of methoxy groups -OCH3 is 1. The predicted octanol–water partition coefficient (Wildman–Crippen LogP) is 5.46. The molecule has 1 fully saturated rings. The Bertz CT molecular complexity index is 806. The Morgan fingerprint density at radius 1 is 1.04 bits per heavy atom. The Balaban J connectivity index is 1.55. The Kier molecular flexibility index (Phi) is 7.14. The standard InChI is InChI=1S/C25H28O3/c1-3-7-22(18-25(26)27-2)21-12-16-24(17-13-21)28-23-14-10-20(11-15-23)19-8-5-4-6-9-19/h4-6,8-9,12-13,16-17,20,22-23H,10-11,14-15,18H2,1-2H3. The quantitative estimate of drug-likeness (QED) is 0.496. The van der Waals surface area contributed by atoms with E-state index in [0.29, 0.717) is 5.92 Å². The molecule has 0 radical (unpaired) electrons. The van der Waals surface area contributed by atoms with Crippen molar-refractivity contribution < 1.29 is 14.3 Å². The zero-order valence-electron chi connectivity index (χ0n) is 16.7. The van der Waals surface area contributed by atoms with Crippen molar-refractivity contribution in [2.75, 3.05) is 7.11 Å². The van der Waals surface area contributed by atoms with Gasteiger partial charge in [0.05, 0.1) is 25.6 Å². The largest absolute Gasteiger partial charge is 0.490 e. The Labute approximate surface area is 168 Å². The Hall–Kier alpha value is -2.73. The van der Waals surface area contributed by atoms with E-state index >= 15 is 0 Å². The van der Waals surface area contributed by atoms with Gasteiger partial charge in [-0.25, -0.2) is 0 Å². The lowest BCUT2D eigenvalue weighted by molar-refractivity contribution is -0.140. The van der Waals surface area contributed by atoms with Crippen molar-refractivity contribution in [2.24, 2.45) is 0 Å². The Morgan fingerprint density at radius 3 is 2.32 bits per heavy atom. The molecular weight excluding hydrogens is 348 g/mol. The first kappa shape index (κ1) is 20.0. The van der Waals surface area contributed by atoms with Crippen LogP contribution >= 0.6 is 0 Å². The van der Waals surface area contributed by atoms with Gasteiger partial charge in [0, 0.05) is 0 Å². The maximum Gasteiger partial charge on any atom is 0.307 e. The molecule has 28 heavy (non-hydrogen) atoms. The highest BCUT2D eigenvalue weighted by Gasteiger charge is 2.23. The van der Waals surface area contributed by atoms with E-state index in [1.807, 2.05) is 24.3 Å². The third kappa shape index (κ3) is 5.39. The van der Waals surface area contributed by atoms with Crippen molar-refractivity contribution in [3.8, 4) is 17.6 Å². The van der Waals surface area contributed by atoms with Gasteiger partial charge in [-0.05, 0) is 61.8 Å². The van der Waals surface area contributed by atoms with Gasteiger partial charge in [-0.3, -0.25) is 4.79 Å². The van der Waals surface area contributed by atoms with Crippen LogP contribution in [0.1, 0.15) is 62.0 Å². The smallest absolute Gasteiger partial charge is 0.307 e. The van der Waals surface area contributed by atoms with Gasteiger partial charge in [0.15, 0.2) is 0 Å². The minimum atomic E-state index is -0.247. The van der Waals surface area contributed by atoms with Crippen LogP contribution in [-0.4, -0.2) is 19.2 Å². The zero-order chi connectivity index (χ0) is 19.8. The summed E-state index contributed by atoms with van der Waals surface area (Å²) in [6, 6.07) is 18.8. The number of carbonyl (C=O) groups is 1. The minimum absolute atomic E-state index is 0.146. The van der Waals surface area contributed by atoms with E-state index in [2.05, 4.69) is 42.2 Å². The van der Waals surface area contributed by atoms with E-state index in [1.54, 1.807) is 6.92 Å². The number of carbonyl (C=O) groups excluding carboxylic acids is 1. The minimum Gasteiger partial charge on any atom is -0.490 e. The number of benzene rings is 2. The van der Waals surface area contributed by atoms with Crippen molar-refractivity contribution in [1.82, 2.24) is 0 Å². The molecule has 3 rings (SSSR count). The summed E-state index contributed by atoms with van der Waals surface area (Å²) in [6.45, 7) is 1.79. The lowest BCUT2D eigenvalue weighted by atomic mass is 9.83. The summed E-state index contributed by atoms with van der Waals surface area (Å²) < 4.78 is 11.0. The fourth-order valence-electron chi connectivity index (χ4n) is 3.89. The van der Waals surface area contributed by atoms with E-state index in [-0.39, 0.29) is 24.4 Å². The fraction of sp³-hybridized carbons (Fsp3) is 0.400. The molecule has 1 aliphatic carbocycles. The highest BCUT2D eigenvalue weighted by molar-refractivity contribution is 5.71. The fourth-order valence-corrected chi connectivity index (χ4v) is 3.89. The normalized spacial score (nSPS) is 19.8. The van der Waals surface area contributed by atoms with Crippen LogP contribution in [0.15, 0.2) is 54.6 Å². The van der Waals surface area contributed by atoms with E-state index in [9.17, 15) is 4.79 Å². The molecule has 2 aromatic carbocycles. The average Bonchev–Trinajstić information content (AvgIpc) is 2.75. The van der Waals surface area contributed by atoms with Crippen LogP contribution < -0.4 is 4.74 Å². The molecule has 0 amide bonds.